The number of carbonyl (C=O) groups excluding carboxylic acids is 2. The molecule has 0 aliphatic carbocycles. The van der Waals surface area contributed by atoms with Gasteiger partial charge in [-0.3, -0.25) is 14.4 Å². The first-order valence-electron chi connectivity index (χ1n) is 8.62. The van der Waals surface area contributed by atoms with Crippen LogP contribution >= 0.6 is 0 Å². The summed E-state index contributed by atoms with van der Waals surface area (Å²) in [5, 5.41) is 11.6. The van der Waals surface area contributed by atoms with Crippen molar-refractivity contribution in [2.45, 2.75) is 64.3 Å². The molecule has 1 amide bonds. The lowest BCUT2D eigenvalue weighted by atomic mass is 10.0. The van der Waals surface area contributed by atoms with Crippen LogP contribution in [0.2, 0.25) is 0 Å². The lowest BCUT2D eigenvalue weighted by Gasteiger charge is -2.18. The van der Waals surface area contributed by atoms with Crippen molar-refractivity contribution >= 4 is 17.7 Å². The van der Waals surface area contributed by atoms with Crippen LogP contribution in [0.15, 0.2) is 30.3 Å². The van der Waals surface area contributed by atoms with Crippen molar-refractivity contribution in [2.24, 2.45) is 0 Å². The summed E-state index contributed by atoms with van der Waals surface area (Å²) in [4.78, 5) is 34.7. The number of hydrogen-bond donors (Lipinski definition) is 2. The summed E-state index contributed by atoms with van der Waals surface area (Å²) in [6.07, 6.45) is 4.84. The van der Waals surface area contributed by atoms with Crippen LogP contribution in [-0.2, 0) is 20.8 Å². The summed E-state index contributed by atoms with van der Waals surface area (Å²) < 4.78 is 0. The number of hydrogen-bond acceptors (Lipinski definition) is 3. The van der Waals surface area contributed by atoms with Crippen LogP contribution < -0.4 is 5.32 Å². The summed E-state index contributed by atoms with van der Waals surface area (Å²) in [6, 6.07) is 9.18. The maximum absolute atomic E-state index is 12.0. The van der Waals surface area contributed by atoms with E-state index in [2.05, 4.69) is 12.2 Å². The number of rotatable bonds is 12. The second-order valence-corrected chi connectivity index (χ2v) is 6.03. The lowest BCUT2D eigenvalue weighted by Crippen LogP contribution is -2.40. The van der Waals surface area contributed by atoms with E-state index in [1.54, 1.807) is 0 Å². The quantitative estimate of drug-likeness (QED) is 0.455. The maximum atomic E-state index is 12.0. The van der Waals surface area contributed by atoms with E-state index in [9.17, 15) is 14.4 Å². The van der Waals surface area contributed by atoms with Gasteiger partial charge in [0.15, 0.2) is 0 Å². The molecule has 1 aromatic carbocycles. The fourth-order valence-corrected chi connectivity index (χ4v) is 2.51. The predicted molar refractivity (Wildman–Crippen MR) is 92.7 cm³/mol. The highest BCUT2D eigenvalue weighted by atomic mass is 16.4. The number of nitrogens with one attached hydrogen (secondary N) is 1. The second-order valence-electron chi connectivity index (χ2n) is 6.03. The molecule has 1 atom stereocenters. The molecule has 0 saturated carbocycles. The molecule has 0 heterocycles. The zero-order chi connectivity index (χ0) is 17.8. The van der Waals surface area contributed by atoms with Gasteiger partial charge in [-0.1, -0.05) is 56.5 Å². The Morgan fingerprint density at radius 1 is 1.04 bits per heavy atom. The number of benzene rings is 1. The molecule has 1 rings (SSSR count). The SMILES string of the molecule is CCCCCCC(=O)C(=O)N[C@H](CCC(=O)O)Cc1ccccc1. The largest absolute Gasteiger partial charge is 0.481 e. The van der Waals surface area contributed by atoms with E-state index in [-0.39, 0.29) is 18.9 Å². The topological polar surface area (TPSA) is 83.5 Å². The summed E-state index contributed by atoms with van der Waals surface area (Å²) in [7, 11) is 0. The molecule has 0 unspecified atom stereocenters. The van der Waals surface area contributed by atoms with Crippen LogP contribution in [0.25, 0.3) is 0 Å². The third-order valence-electron chi connectivity index (χ3n) is 3.88. The highest BCUT2D eigenvalue weighted by Gasteiger charge is 2.19. The Bertz CT molecular complexity index is 527. The molecule has 0 aromatic heterocycles. The van der Waals surface area contributed by atoms with Gasteiger partial charge in [-0.25, -0.2) is 0 Å². The predicted octanol–water partition coefficient (Wildman–Crippen LogP) is 3.12. The number of ketones is 1. The molecule has 0 radical (unpaired) electrons. The minimum atomic E-state index is -0.909. The first-order valence-corrected chi connectivity index (χ1v) is 8.62. The third-order valence-corrected chi connectivity index (χ3v) is 3.88. The number of Topliss-reactive ketones (excluding diaryl/α,β-unsaturated/α-hetero) is 1. The monoisotopic (exact) mass is 333 g/mol. The van der Waals surface area contributed by atoms with Crippen molar-refractivity contribution in [3.8, 4) is 0 Å². The average molecular weight is 333 g/mol. The van der Waals surface area contributed by atoms with Gasteiger partial charge in [0.05, 0.1) is 0 Å². The Hall–Kier alpha value is -2.17. The molecule has 2 N–H and O–H groups in total. The van der Waals surface area contributed by atoms with Gasteiger partial charge in [-0.15, -0.1) is 0 Å². The van der Waals surface area contributed by atoms with Gasteiger partial charge in [-0.05, 0) is 24.8 Å². The Kier molecular flexibility index (Phi) is 9.42. The molecule has 0 saturated heterocycles. The molecule has 132 valence electrons. The van der Waals surface area contributed by atoms with E-state index in [1.807, 2.05) is 30.3 Å². The van der Waals surface area contributed by atoms with Crippen LogP contribution in [0.4, 0.5) is 0 Å². The number of unbranched alkanes of at least 4 members (excludes halogenated alkanes) is 3. The summed E-state index contributed by atoms with van der Waals surface area (Å²) >= 11 is 0. The molecule has 0 spiro atoms. The van der Waals surface area contributed by atoms with Crippen LogP contribution in [0.5, 0.6) is 0 Å². The zero-order valence-corrected chi connectivity index (χ0v) is 14.3. The Morgan fingerprint density at radius 3 is 2.38 bits per heavy atom. The molecule has 1 aromatic rings. The van der Waals surface area contributed by atoms with Gasteiger partial charge >= 0.3 is 5.97 Å². The van der Waals surface area contributed by atoms with Crippen molar-refractivity contribution in [3.63, 3.8) is 0 Å². The van der Waals surface area contributed by atoms with Gasteiger partial charge in [0.25, 0.3) is 5.91 Å². The Morgan fingerprint density at radius 2 is 1.75 bits per heavy atom. The van der Waals surface area contributed by atoms with E-state index >= 15 is 0 Å². The molecule has 0 aliphatic heterocycles. The third kappa shape index (κ3) is 8.46. The summed E-state index contributed by atoms with van der Waals surface area (Å²) in [5.41, 5.74) is 1.00. The minimum Gasteiger partial charge on any atom is -0.481 e. The number of carboxylic acid groups (broad SMARTS) is 1. The number of carbonyl (C=O) groups is 3. The van der Waals surface area contributed by atoms with Crippen molar-refractivity contribution in [2.75, 3.05) is 0 Å². The second kappa shape index (κ2) is 11.4. The van der Waals surface area contributed by atoms with Gasteiger partial charge in [-0.2, -0.15) is 0 Å². The van der Waals surface area contributed by atoms with Gasteiger partial charge in [0.2, 0.25) is 5.78 Å². The fraction of sp³-hybridized carbons (Fsp3) is 0.526. The lowest BCUT2D eigenvalue weighted by molar-refractivity contribution is -0.139. The van der Waals surface area contributed by atoms with Gasteiger partial charge in [0.1, 0.15) is 0 Å². The van der Waals surface area contributed by atoms with Crippen molar-refractivity contribution in [1.29, 1.82) is 0 Å². The van der Waals surface area contributed by atoms with E-state index in [0.29, 0.717) is 12.8 Å². The van der Waals surface area contributed by atoms with Crippen molar-refractivity contribution in [1.82, 2.24) is 5.32 Å². The molecular weight excluding hydrogens is 306 g/mol. The van der Waals surface area contributed by atoms with Crippen LogP contribution in [-0.4, -0.2) is 28.8 Å². The highest BCUT2D eigenvalue weighted by Crippen LogP contribution is 2.09. The van der Waals surface area contributed by atoms with Crippen molar-refractivity contribution in [3.05, 3.63) is 35.9 Å². The zero-order valence-electron chi connectivity index (χ0n) is 14.3. The number of amides is 1. The normalized spacial score (nSPS) is 11.7. The summed E-state index contributed by atoms with van der Waals surface area (Å²) in [6.45, 7) is 2.09. The fourth-order valence-electron chi connectivity index (χ4n) is 2.51. The molecule has 5 nitrogen and oxygen atoms in total. The van der Waals surface area contributed by atoms with Crippen LogP contribution in [0.1, 0.15) is 57.4 Å². The van der Waals surface area contributed by atoms with E-state index in [0.717, 1.165) is 31.2 Å². The van der Waals surface area contributed by atoms with E-state index in [4.69, 9.17) is 5.11 Å². The Labute approximate surface area is 143 Å². The molecule has 0 aliphatic rings. The molecule has 5 heteroatoms. The van der Waals surface area contributed by atoms with Crippen LogP contribution in [0.3, 0.4) is 0 Å². The first-order chi connectivity index (χ1) is 11.5. The smallest absolute Gasteiger partial charge is 0.303 e. The van der Waals surface area contributed by atoms with Crippen molar-refractivity contribution < 1.29 is 19.5 Å². The highest BCUT2D eigenvalue weighted by molar-refractivity contribution is 6.36. The number of aliphatic carboxylic acids is 1. The van der Waals surface area contributed by atoms with Gasteiger partial charge in [0, 0.05) is 18.9 Å². The molecule has 0 bridgehead atoms. The Balaban J connectivity index is 2.54. The average Bonchev–Trinajstić information content (AvgIpc) is 2.57. The molecular formula is C19H27NO4. The van der Waals surface area contributed by atoms with E-state index in [1.165, 1.54) is 0 Å². The maximum Gasteiger partial charge on any atom is 0.303 e. The molecule has 24 heavy (non-hydrogen) atoms. The minimum absolute atomic E-state index is 0.0392. The standard InChI is InChI=1S/C19H27NO4/c1-2-3-4-8-11-17(21)19(24)20-16(12-13-18(22)23)14-15-9-6-5-7-10-15/h5-7,9-10,16H,2-4,8,11-14H2,1H3,(H,20,24)(H,22,23)/t16-/m1/s1. The summed E-state index contributed by atoms with van der Waals surface area (Å²) in [5.74, 6) is -1.93. The number of carboxylic acids is 1. The first kappa shape index (κ1) is 19.9. The van der Waals surface area contributed by atoms with E-state index < -0.39 is 17.7 Å². The molecule has 0 fully saturated rings. The van der Waals surface area contributed by atoms with Gasteiger partial charge < -0.3 is 10.4 Å². The van der Waals surface area contributed by atoms with Crippen LogP contribution in [0, 0.1) is 0 Å².